The number of amides is 1. The number of hydrogen-bond donors (Lipinski definition) is 2. The van der Waals surface area contributed by atoms with Crippen molar-refractivity contribution in [2.45, 2.75) is 18.8 Å². The minimum Gasteiger partial charge on any atom is -0.462 e. The molecule has 0 saturated carbocycles. The van der Waals surface area contributed by atoms with Gasteiger partial charge in [0.2, 0.25) is 0 Å². The van der Waals surface area contributed by atoms with Gasteiger partial charge in [-0.15, -0.1) is 12.4 Å². The Bertz CT molecular complexity index is 473. The van der Waals surface area contributed by atoms with Crippen LogP contribution >= 0.6 is 12.4 Å². The summed E-state index contributed by atoms with van der Waals surface area (Å²) in [6.45, 7) is 1.95. The van der Waals surface area contributed by atoms with E-state index in [4.69, 9.17) is 0 Å². The Morgan fingerprint density at radius 2 is 1.90 bits per heavy atom. The van der Waals surface area contributed by atoms with E-state index in [1.54, 1.807) is 0 Å². The molecule has 0 bridgehead atoms. The number of para-hydroxylation sites is 1. The van der Waals surface area contributed by atoms with Gasteiger partial charge in [-0.05, 0) is 43.5 Å². The predicted molar refractivity (Wildman–Crippen MR) is 79.2 cm³/mol. The maximum absolute atomic E-state index is 11.6. The van der Waals surface area contributed by atoms with E-state index in [1.807, 2.05) is 24.3 Å². The lowest BCUT2D eigenvalue weighted by Crippen LogP contribution is -2.28. The quantitative estimate of drug-likeness (QED) is 0.644. The molecule has 5 nitrogen and oxygen atoms in total. The van der Waals surface area contributed by atoms with Gasteiger partial charge < -0.3 is 15.4 Å². The standard InChI is InChI=1S/C14H18N2O3.ClH/c1-19-14(18)13(17)16-12-5-3-2-4-11(12)10-6-8-15-9-7-10;/h2-5,10,15H,6-9H2,1H3,(H,16,17);1H. The van der Waals surface area contributed by atoms with Crippen LogP contribution in [0.2, 0.25) is 0 Å². The monoisotopic (exact) mass is 298 g/mol. The Balaban J connectivity index is 0.00000200. The summed E-state index contributed by atoms with van der Waals surface area (Å²) < 4.78 is 4.41. The summed E-state index contributed by atoms with van der Waals surface area (Å²) in [5.74, 6) is -1.20. The average Bonchev–Trinajstić information content (AvgIpc) is 2.47. The number of methoxy groups -OCH3 is 1. The number of esters is 1. The summed E-state index contributed by atoms with van der Waals surface area (Å²) in [6.07, 6.45) is 2.07. The fourth-order valence-electron chi connectivity index (χ4n) is 2.37. The van der Waals surface area contributed by atoms with Crippen molar-refractivity contribution in [2.75, 3.05) is 25.5 Å². The molecular formula is C14H19ClN2O3. The number of halogens is 1. The van der Waals surface area contributed by atoms with Gasteiger partial charge in [-0.25, -0.2) is 4.79 Å². The van der Waals surface area contributed by atoms with Crippen molar-refractivity contribution in [2.24, 2.45) is 0 Å². The van der Waals surface area contributed by atoms with Crippen molar-refractivity contribution < 1.29 is 14.3 Å². The second kappa shape index (κ2) is 7.87. The summed E-state index contributed by atoms with van der Waals surface area (Å²) in [7, 11) is 1.20. The van der Waals surface area contributed by atoms with Crippen molar-refractivity contribution in [1.82, 2.24) is 5.32 Å². The molecule has 0 aromatic heterocycles. The SMILES string of the molecule is COC(=O)C(=O)Nc1ccccc1C1CCNCC1.Cl. The Hall–Kier alpha value is -1.59. The predicted octanol–water partition coefficient (Wildman–Crippen LogP) is 1.69. The van der Waals surface area contributed by atoms with E-state index in [-0.39, 0.29) is 12.4 Å². The van der Waals surface area contributed by atoms with Crippen LogP contribution in [0.4, 0.5) is 5.69 Å². The average molecular weight is 299 g/mol. The lowest BCUT2D eigenvalue weighted by atomic mass is 9.89. The highest BCUT2D eigenvalue weighted by Crippen LogP contribution is 2.30. The number of ether oxygens (including phenoxy) is 1. The molecule has 1 aliphatic heterocycles. The van der Waals surface area contributed by atoms with Crippen LogP contribution in [-0.4, -0.2) is 32.1 Å². The van der Waals surface area contributed by atoms with Gasteiger partial charge in [0.15, 0.2) is 0 Å². The normalized spacial score (nSPS) is 15.1. The Morgan fingerprint density at radius 1 is 1.25 bits per heavy atom. The number of piperidine rings is 1. The molecule has 1 saturated heterocycles. The van der Waals surface area contributed by atoms with Gasteiger partial charge in [-0.1, -0.05) is 18.2 Å². The highest BCUT2D eigenvalue weighted by atomic mass is 35.5. The molecular weight excluding hydrogens is 280 g/mol. The van der Waals surface area contributed by atoms with E-state index in [2.05, 4.69) is 15.4 Å². The van der Waals surface area contributed by atoms with E-state index in [9.17, 15) is 9.59 Å². The highest BCUT2D eigenvalue weighted by molar-refractivity contribution is 6.37. The first kappa shape index (κ1) is 16.5. The topological polar surface area (TPSA) is 67.4 Å². The zero-order valence-electron chi connectivity index (χ0n) is 11.3. The van der Waals surface area contributed by atoms with Crippen molar-refractivity contribution in [1.29, 1.82) is 0 Å². The van der Waals surface area contributed by atoms with Crippen LogP contribution in [0, 0.1) is 0 Å². The van der Waals surface area contributed by atoms with Crippen LogP contribution in [0.1, 0.15) is 24.3 Å². The van der Waals surface area contributed by atoms with Crippen LogP contribution in [0.25, 0.3) is 0 Å². The largest absolute Gasteiger partial charge is 0.462 e. The second-order valence-electron chi connectivity index (χ2n) is 4.56. The van der Waals surface area contributed by atoms with E-state index in [0.717, 1.165) is 31.5 Å². The Kier molecular flexibility index (Phi) is 6.48. The van der Waals surface area contributed by atoms with Gasteiger partial charge in [0.25, 0.3) is 0 Å². The maximum atomic E-state index is 11.6. The fraction of sp³-hybridized carbons (Fsp3) is 0.429. The van der Waals surface area contributed by atoms with Gasteiger partial charge in [0.1, 0.15) is 0 Å². The molecule has 2 rings (SSSR count). The molecule has 1 aliphatic rings. The minimum absolute atomic E-state index is 0. The number of rotatable bonds is 2. The lowest BCUT2D eigenvalue weighted by molar-refractivity contribution is -0.150. The van der Waals surface area contributed by atoms with E-state index < -0.39 is 11.9 Å². The zero-order chi connectivity index (χ0) is 13.7. The van der Waals surface area contributed by atoms with Crippen LogP contribution in [0.15, 0.2) is 24.3 Å². The van der Waals surface area contributed by atoms with E-state index in [1.165, 1.54) is 7.11 Å². The first-order valence-corrected chi connectivity index (χ1v) is 6.41. The number of anilines is 1. The number of carbonyl (C=O) groups is 2. The summed E-state index contributed by atoms with van der Waals surface area (Å²) in [4.78, 5) is 22.7. The molecule has 0 radical (unpaired) electrons. The summed E-state index contributed by atoms with van der Waals surface area (Å²) in [5, 5.41) is 5.94. The van der Waals surface area contributed by atoms with Crippen LogP contribution in [0.3, 0.4) is 0 Å². The molecule has 1 amide bonds. The molecule has 0 spiro atoms. The molecule has 1 aromatic rings. The van der Waals surface area contributed by atoms with E-state index in [0.29, 0.717) is 11.6 Å². The maximum Gasteiger partial charge on any atom is 0.396 e. The minimum atomic E-state index is -0.875. The number of benzene rings is 1. The first-order valence-electron chi connectivity index (χ1n) is 6.41. The molecule has 6 heteroatoms. The Labute approximate surface area is 124 Å². The van der Waals surface area contributed by atoms with Crippen molar-refractivity contribution in [3.63, 3.8) is 0 Å². The van der Waals surface area contributed by atoms with Crippen molar-refractivity contribution in [3.05, 3.63) is 29.8 Å². The zero-order valence-corrected chi connectivity index (χ0v) is 12.2. The van der Waals surface area contributed by atoms with E-state index >= 15 is 0 Å². The number of carbonyl (C=O) groups excluding carboxylic acids is 2. The first-order chi connectivity index (χ1) is 9.22. The molecule has 1 fully saturated rings. The van der Waals surface area contributed by atoms with Crippen LogP contribution in [-0.2, 0) is 14.3 Å². The third-order valence-electron chi connectivity index (χ3n) is 3.36. The molecule has 20 heavy (non-hydrogen) atoms. The number of nitrogens with one attached hydrogen (secondary N) is 2. The Morgan fingerprint density at radius 3 is 2.55 bits per heavy atom. The second-order valence-corrected chi connectivity index (χ2v) is 4.56. The van der Waals surface area contributed by atoms with Gasteiger partial charge in [0.05, 0.1) is 7.11 Å². The summed E-state index contributed by atoms with van der Waals surface area (Å²) >= 11 is 0. The molecule has 0 unspecified atom stereocenters. The van der Waals surface area contributed by atoms with Crippen LogP contribution < -0.4 is 10.6 Å². The van der Waals surface area contributed by atoms with Crippen molar-refractivity contribution in [3.8, 4) is 0 Å². The third kappa shape index (κ3) is 3.95. The molecule has 0 atom stereocenters. The van der Waals surface area contributed by atoms with Gasteiger partial charge >= 0.3 is 11.9 Å². The number of hydrogen-bond acceptors (Lipinski definition) is 4. The smallest absolute Gasteiger partial charge is 0.396 e. The van der Waals surface area contributed by atoms with Crippen molar-refractivity contribution >= 4 is 30.0 Å². The van der Waals surface area contributed by atoms with Gasteiger partial charge in [0, 0.05) is 5.69 Å². The molecule has 1 aromatic carbocycles. The molecule has 1 heterocycles. The fourth-order valence-corrected chi connectivity index (χ4v) is 2.37. The molecule has 0 aliphatic carbocycles. The molecule has 110 valence electrons. The summed E-state index contributed by atoms with van der Waals surface area (Å²) in [5.41, 5.74) is 1.78. The lowest BCUT2D eigenvalue weighted by Gasteiger charge is -2.25. The third-order valence-corrected chi connectivity index (χ3v) is 3.36. The molecule has 2 N–H and O–H groups in total. The van der Waals surface area contributed by atoms with Gasteiger partial charge in [-0.2, -0.15) is 0 Å². The van der Waals surface area contributed by atoms with Gasteiger partial charge in [-0.3, -0.25) is 4.79 Å². The highest BCUT2D eigenvalue weighted by Gasteiger charge is 2.20. The van der Waals surface area contributed by atoms with Crippen LogP contribution in [0.5, 0.6) is 0 Å². The summed E-state index contributed by atoms with van der Waals surface area (Å²) in [6, 6.07) is 7.61.